The largest absolute Gasteiger partial charge is 0.449 e. The summed E-state index contributed by atoms with van der Waals surface area (Å²) in [7, 11) is 0. The minimum atomic E-state index is -0.474. The maximum atomic E-state index is 13.4. The molecule has 0 aliphatic rings. The summed E-state index contributed by atoms with van der Waals surface area (Å²) in [6, 6.07) is 9.40. The molecule has 88 valence electrons. The summed E-state index contributed by atoms with van der Waals surface area (Å²) >= 11 is 0. The Morgan fingerprint density at radius 2 is 2.11 bits per heavy atom. The van der Waals surface area contributed by atoms with Crippen LogP contribution in [-0.4, -0.2) is 10.8 Å². The number of fused-ring (bicyclic) bond motifs is 1. The second kappa shape index (κ2) is 4.07. The Morgan fingerprint density at radius 1 is 1.22 bits per heavy atom. The lowest BCUT2D eigenvalue weighted by Gasteiger charge is -1.95. The number of para-hydroxylation sites is 1. The van der Waals surface area contributed by atoms with Crippen LogP contribution in [0.2, 0.25) is 0 Å². The maximum Gasteiger partial charge on any atom is 0.229 e. The van der Waals surface area contributed by atoms with Crippen LogP contribution in [0.5, 0.6) is 0 Å². The highest BCUT2D eigenvalue weighted by atomic mass is 19.1. The lowest BCUT2D eigenvalue weighted by molar-refractivity contribution is 0.101. The van der Waals surface area contributed by atoms with Crippen LogP contribution in [-0.2, 0) is 0 Å². The standard InChI is InChI=1S/C14H8FNO2/c15-11-5-1-3-9-7-12(18-14(9)11)13(17)10-4-2-6-16-8-10/h1-8H. The fourth-order valence-corrected chi connectivity index (χ4v) is 1.78. The van der Waals surface area contributed by atoms with Gasteiger partial charge in [-0.2, -0.15) is 0 Å². The summed E-state index contributed by atoms with van der Waals surface area (Å²) in [5.41, 5.74) is 0.515. The maximum absolute atomic E-state index is 13.4. The smallest absolute Gasteiger partial charge is 0.229 e. The molecule has 0 bridgehead atoms. The zero-order valence-electron chi connectivity index (χ0n) is 9.26. The van der Waals surface area contributed by atoms with Gasteiger partial charge in [-0.1, -0.05) is 12.1 Å². The van der Waals surface area contributed by atoms with E-state index >= 15 is 0 Å². The molecule has 0 N–H and O–H groups in total. The van der Waals surface area contributed by atoms with Gasteiger partial charge in [0.25, 0.3) is 0 Å². The van der Waals surface area contributed by atoms with Gasteiger partial charge < -0.3 is 4.42 Å². The monoisotopic (exact) mass is 241 g/mol. The number of benzene rings is 1. The summed E-state index contributed by atoms with van der Waals surface area (Å²) in [5.74, 6) is -0.667. The minimum absolute atomic E-state index is 0.102. The Balaban J connectivity index is 2.10. The van der Waals surface area contributed by atoms with E-state index in [4.69, 9.17) is 4.42 Å². The SMILES string of the molecule is O=C(c1cccnc1)c1cc2cccc(F)c2o1. The van der Waals surface area contributed by atoms with Crippen molar-refractivity contribution in [2.75, 3.05) is 0 Å². The van der Waals surface area contributed by atoms with Gasteiger partial charge in [0.2, 0.25) is 5.78 Å². The van der Waals surface area contributed by atoms with E-state index in [0.29, 0.717) is 10.9 Å². The van der Waals surface area contributed by atoms with Crippen LogP contribution in [0.25, 0.3) is 11.0 Å². The van der Waals surface area contributed by atoms with Crippen molar-refractivity contribution < 1.29 is 13.6 Å². The van der Waals surface area contributed by atoms with E-state index in [9.17, 15) is 9.18 Å². The third-order valence-electron chi connectivity index (χ3n) is 2.64. The predicted molar refractivity (Wildman–Crippen MR) is 63.8 cm³/mol. The molecule has 0 saturated carbocycles. The number of carbonyl (C=O) groups excluding carboxylic acids is 1. The van der Waals surface area contributed by atoms with E-state index in [-0.39, 0.29) is 17.1 Å². The zero-order chi connectivity index (χ0) is 12.5. The van der Waals surface area contributed by atoms with Crippen LogP contribution < -0.4 is 0 Å². The van der Waals surface area contributed by atoms with Crippen molar-refractivity contribution in [1.82, 2.24) is 4.98 Å². The van der Waals surface area contributed by atoms with Crippen molar-refractivity contribution in [2.45, 2.75) is 0 Å². The highest BCUT2D eigenvalue weighted by Crippen LogP contribution is 2.23. The van der Waals surface area contributed by atoms with Gasteiger partial charge in [0.1, 0.15) is 0 Å². The van der Waals surface area contributed by atoms with Gasteiger partial charge in [-0.25, -0.2) is 4.39 Å². The Labute approximate surface area is 102 Å². The van der Waals surface area contributed by atoms with Crippen molar-refractivity contribution in [3.05, 3.63) is 65.9 Å². The van der Waals surface area contributed by atoms with E-state index in [1.165, 1.54) is 18.3 Å². The van der Waals surface area contributed by atoms with E-state index in [2.05, 4.69) is 4.98 Å². The van der Waals surface area contributed by atoms with Gasteiger partial charge in [0.05, 0.1) is 0 Å². The van der Waals surface area contributed by atoms with Crippen molar-refractivity contribution >= 4 is 16.8 Å². The molecule has 0 spiro atoms. The number of pyridine rings is 1. The molecule has 0 saturated heterocycles. The van der Waals surface area contributed by atoms with Crippen molar-refractivity contribution in [1.29, 1.82) is 0 Å². The summed E-state index contributed by atoms with van der Waals surface area (Å²) < 4.78 is 18.7. The number of halogens is 1. The number of rotatable bonds is 2. The Kier molecular flexibility index (Phi) is 2.41. The number of carbonyl (C=O) groups is 1. The highest BCUT2D eigenvalue weighted by Gasteiger charge is 2.16. The van der Waals surface area contributed by atoms with Crippen molar-refractivity contribution in [3.8, 4) is 0 Å². The molecule has 0 atom stereocenters. The summed E-state index contributed by atoms with van der Waals surface area (Å²) in [6.07, 6.45) is 3.03. The minimum Gasteiger partial charge on any atom is -0.449 e. The Bertz CT molecular complexity index is 719. The third kappa shape index (κ3) is 1.68. The number of nitrogens with zero attached hydrogens (tertiary/aromatic N) is 1. The fraction of sp³-hybridized carbons (Fsp3) is 0. The van der Waals surface area contributed by atoms with Gasteiger partial charge in [0, 0.05) is 23.3 Å². The van der Waals surface area contributed by atoms with E-state index in [1.54, 1.807) is 30.5 Å². The second-order valence-corrected chi connectivity index (χ2v) is 3.84. The first-order chi connectivity index (χ1) is 8.75. The molecule has 18 heavy (non-hydrogen) atoms. The van der Waals surface area contributed by atoms with Crippen LogP contribution >= 0.6 is 0 Å². The quantitative estimate of drug-likeness (QED) is 0.647. The molecule has 0 fully saturated rings. The molecular formula is C14H8FNO2. The van der Waals surface area contributed by atoms with E-state index in [0.717, 1.165) is 0 Å². The Hall–Kier alpha value is -2.49. The van der Waals surface area contributed by atoms with Gasteiger partial charge in [-0.15, -0.1) is 0 Å². The average Bonchev–Trinajstić information content (AvgIpc) is 2.84. The number of hydrogen-bond donors (Lipinski definition) is 0. The predicted octanol–water partition coefficient (Wildman–Crippen LogP) is 3.20. The van der Waals surface area contributed by atoms with Crippen LogP contribution in [0.15, 0.2) is 53.2 Å². The number of hydrogen-bond acceptors (Lipinski definition) is 3. The first-order valence-corrected chi connectivity index (χ1v) is 5.38. The lowest BCUT2D eigenvalue weighted by atomic mass is 10.1. The number of aromatic nitrogens is 1. The van der Waals surface area contributed by atoms with E-state index < -0.39 is 5.82 Å². The zero-order valence-corrected chi connectivity index (χ0v) is 9.26. The molecular weight excluding hydrogens is 233 g/mol. The molecule has 0 aliphatic heterocycles. The van der Waals surface area contributed by atoms with Gasteiger partial charge >= 0.3 is 0 Å². The molecule has 0 radical (unpaired) electrons. The average molecular weight is 241 g/mol. The van der Waals surface area contributed by atoms with Gasteiger partial charge in [-0.3, -0.25) is 9.78 Å². The van der Waals surface area contributed by atoms with Crippen molar-refractivity contribution in [3.63, 3.8) is 0 Å². The molecule has 3 aromatic rings. The molecule has 1 aromatic carbocycles. The van der Waals surface area contributed by atoms with Gasteiger partial charge in [0.15, 0.2) is 17.2 Å². The molecule has 0 unspecified atom stereocenters. The molecule has 2 aromatic heterocycles. The molecule has 3 nitrogen and oxygen atoms in total. The Morgan fingerprint density at radius 3 is 2.83 bits per heavy atom. The van der Waals surface area contributed by atoms with Gasteiger partial charge in [-0.05, 0) is 24.3 Å². The number of ketones is 1. The van der Waals surface area contributed by atoms with E-state index in [1.807, 2.05) is 0 Å². The molecule has 0 amide bonds. The molecule has 4 heteroatoms. The van der Waals surface area contributed by atoms with Crippen LogP contribution in [0.3, 0.4) is 0 Å². The molecule has 0 aliphatic carbocycles. The molecule has 2 heterocycles. The van der Waals surface area contributed by atoms with Crippen LogP contribution in [0.1, 0.15) is 16.1 Å². The first kappa shape index (κ1) is 10.7. The third-order valence-corrected chi connectivity index (χ3v) is 2.64. The van der Waals surface area contributed by atoms with Crippen LogP contribution in [0.4, 0.5) is 4.39 Å². The first-order valence-electron chi connectivity index (χ1n) is 5.38. The topological polar surface area (TPSA) is 43.1 Å². The summed E-state index contributed by atoms with van der Waals surface area (Å²) in [4.78, 5) is 15.9. The summed E-state index contributed by atoms with van der Waals surface area (Å²) in [5, 5.41) is 0.572. The van der Waals surface area contributed by atoms with Crippen LogP contribution in [0, 0.1) is 5.82 Å². The lowest BCUT2D eigenvalue weighted by Crippen LogP contribution is -1.99. The number of furan rings is 1. The second-order valence-electron chi connectivity index (χ2n) is 3.84. The fourth-order valence-electron chi connectivity index (χ4n) is 1.78. The highest BCUT2D eigenvalue weighted by molar-refractivity contribution is 6.08. The molecule has 3 rings (SSSR count). The normalized spacial score (nSPS) is 10.7. The summed E-state index contributed by atoms with van der Waals surface area (Å²) in [6.45, 7) is 0. The van der Waals surface area contributed by atoms with Crippen molar-refractivity contribution in [2.24, 2.45) is 0 Å².